The van der Waals surface area contributed by atoms with Crippen LogP contribution in [0.25, 0.3) is 0 Å². The van der Waals surface area contributed by atoms with Crippen LogP contribution in [0.15, 0.2) is 23.5 Å². The Kier molecular flexibility index (Phi) is 4.40. The fourth-order valence-electron chi connectivity index (χ4n) is 1.97. The van der Waals surface area contributed by atoms with E-state index in [4.69, 9.17) is 21.1 Å². The van der Waals surface area contributed by atoms with Crippen molar-refractivity contribution in [2.75, 3.05) is 18.4 Å². The summed E-state index contributed by atoms with van der Waals surface area (Å²) in [5.74, 6) is -0.129. The molecule has 0 bridgehead atoms. The van der Waals surface area contributed by atoms with Crippen LogP contribution < -0.4 is 14.8 Å². The number of hydrogen-bond acceptors (Lipinski definition) is 8. The van der Waals surface area contributed by atoms with Gasteiger partial charge in [0.25, 0.3) is 11.6 Å². The molecule has 9 nitrogen and oxygen atoms in total. The smallest absolute Gasteiger partial charge is 0.296 e. The summed E-state index contributed by atoms with van der Waals surface area (Å²) in [6.07, 6.45) is 3.02. The number of nitrogens with one attached hydrogen (secondary N) is 1. The molecule has 0 unspecified atom stereocenters. The normalized spacial score (nSPS) is 12.1. The molecule has 0 saturated heterocycles. The molecule has 2 aromatic rings. The lowest BCUT2D eigenvalue weighted by molar-refractivity contribution is -0.384. The molecule has 1 aliphatic heterocycles. The highest BCUT2D eigenvalue weighted by Crippen LogP contribution is 2.40. The summed E-state index contributed by atoms with van der Waals surface area (Å²) in [6, 6.07) is 2.51. The van der Waals surface area contributed by atoms with Gasteiger partial charge in [0.2, 0.25) is 6.79 Å². The number of hydrogen-bond donors (Lipinski definition) is 1. The van der Waals surface area contributed by atoms with Gasteiger partial charge in [-0.25, -0.2) is 9.97 Å². The van der Waals surface area contributed by atoms with Gasteiger partial charge in [-0.15, -0.1) is 0 Å². The Labute approximate surface area is 144 Å². The number of anilines is 1. The average Bonchev–Trinajstić information content (AvgIpc) is 3.00. The maximum Gasteiger partial charge on any atom is 0.296 e. The second-order valence-corrected chi connectivity index (χ2v) is 5.63. The summed E-state index contributed by atoms with van der Waals surface area (Å²) in [6.45, 7) is -0.0420. The molecule has 1 aromatic carbocycles. The van der Waals surface area contributed by atoms with Crippen LogP contribution in [0, 0.1) is 10.1 Å². The minimum absolute atomic E-state index is 0.00133. The summed E-state index contributed by atoms with van der Waals surface area (Å²) >= 11 is 7.23. The lowest BCUT2D eigenvalue weighted by Gasteiger charge is -2.08. The van der Waals surface area contributed by atoms with Gasteiger partial charge in [-0.2, -0.15) is 0 Å². The maximum atomic E-state index is 12.3. The molecule has 3 rings (SSSR count). The number of aromatic nitrogens is 2. The Hall–Kier alpha value is -2.59. The van der Waals surface area contributed by atoms with Gasteiger partial charge in [-0.05, 0) is 6.26 Å². The van der Waals surface area contributed by atoms with E-state index >= 15 is 0 Å². The predicted octanol–water partition coefficient (Wildman–Crippen LogP) is 2.74. The molecule has 124 valence electrons. The molecule has 1 amide bonds. The minimum atomic E-state index is -0.672. The van der Waals surface area contributed by atoms with E-state index < -0.39 is 10.8 Å². The van der Waals surface area contributed by atoms with Crippen molar-refractivity contribution in [3.63, 3.8) is 0 Å². The second-order valence-electron chi connectivity index (χ2n) is 4.50. The van der Waals surface area contributed by atoms with E-state index in [-0.39, 0.29) is 34.6 Å². The fraction of sp³-hybridized carbons (Fsp3) is 0.154. The number of amides is 1. The maximum absolute atomic E-state index is 12.3. The zero-order valence-corrected chi connectivity index (χ0v) is 13.7. The van der Waals surface area contributed by atoms with E-state index in [0.717, 1.165) is 0 Å². The van der Waals surface area contributed by atoms with Gasteiger partial charge >= 0.3 is 0 Å². The van der Waals surface area contributed by atoms with E-state index in [2.05, 4.69) is 15.3 Å². The highest BCUT2D eigenvalue weighted by Gasteiger charge is 2.25. The predicted molar refractivity (Wildman–Crippen MR) is 86.0 cm³/mol. The van der Waals surface area contributed by atoms with Gasteiger partial charge in [0, 0.05) is 12.3 Å². The van der Waals surface area contributed by atoms with E-state index in [1.807, 2.05) is 0 Å². The highest BCUT2D eigenvalue weighted by atomic mass is 35.5. The van der Waals surface area contributed by atoms with Crippen molar-refractivity contribution in [3.8, 4) is 11.5 Å². The molecule has 0 atom stereocenters. The number of thioether (sulfide) groups is 1. The van der Waals surface area contributed by atoms with Gasteiger partial charge in [0.15, 0.2) is 16.7 Å². The first kappa shape index (κ1) is 16.3. The third kappa shape index (κ3) is 3.05. The summed E-state index contributed by atoms with van der Waals surface area (Å²) < 4.78 is 10.3. The van der Waals surface area contributed by atoms with Crippen molar-refractivity contribution in [2.24, 2.45) is 0 Å². The van der Waals surface area contributed by atoms with Gasteiger partial charge in [-0.1, -0.05) is 23.4 Å². The third-order valence-electron chi connectivity index (χ3n) is 3.08. The molecule has 24 heavy (non-hydrogen) atoms. The number of rotatable bonds is 4. The molecule has 1 N–H and O–H groups in total. The quantitative estimate of drug-likeness (QED) is 0.288. The Morgan fingerprint density at radius 3 is 2.75 bits per heavy atom. The average molecular weight is 369 g/mol. The summed E-state index contributed by atoms with van der Waals surface area (Å²) in [7, 11) is 0. The Balaban J connectivity index is 1.93. The van der Waals surface area contributed by atoms with Gasteiger partial charge in [0.05, 0.1) is 16.6 Å². The monoisotopic (exact) mass is 368 g/mol. The second kappa shape index (κ2) is 6.49. The number of benzene rings is 1. The number of carbonyl (C=O) groups is 1. The SMILES string of the molecule is CSc1ncc(C(=O)Nc2cc3c(cc2[N+](=O)[O-])OCO3)c(Cl)n1. The van der Waals surface area contributed by atoms with Crippen LogP contribution in [-0.2, 0) is 0 Å². The molecular weight excluding hydrogens is 360 g/mol. The van der Waals surface area contributed by atoms with Crippen LogP contribution in [0.1, 0.15) is 10.4 Å². The molecule has 0 saturated carbocycles. The van der Waals surface area contributed by atoms with Gasteiger partial charge in [-0.3, -0.25) is 14.9 Å². The molecular formula is C13H9ClN4O5S. The number of nitro groups is 1. The number of carbonyl (C=O) groups excluding carboxylic acids is 1. The molecule has 1 aliphatic rings. The molecule has 0 spiro atoms. The van der Waals surface area contributed by atoms with Crippen LogP contribution >= 0.6 is 23.4 Å². The minimum Gasteiger partial charge on any atom is -0.454 e. The van der Waals surface area contributed by atoms with Crippen molar-refractivity contribution in [1.29, 1.82) is 0 Å². The molecule has 0 aliphatic carbocycles. The number of fused-ring (bicyclic) bond motifs is 1. The first-order chi connectivity index (χ1) is 11.5. The summed E-state index contributed by atoms with van der Waals surface area (Å²) in [5, 5.41) is 14.0. The Morgan fingerprint density at radius 2 is 2.12 bits per heavy atom. The fourth-order valence-corrected chi connectivity index (χ4v) is 2.57. The van der Waals surface area contributed by atoms with Crippen LogP contribution in [-0.4, -0.2) is 33.8 Å². The van der Waals surface area contributed by atoms with E-state index in [1.165, 1.54) is 30.1 Å². The Morgan fingerprint density at radius 1 is 1.42 bits per heavy atom. The van der Waals surface area contributed by atoms with Crippen molar-refractivity contribution < 1.29 is 19.2 Å². The van der Waals surface area contributed by atoms with Crippen LogP contribution in [0.5, 0.6) is 11.5 Å². The molecule has 0 fully saturated rings. The Bertz CT molecular complexity index is 847. The first-order valence-electron chi connectivity index (χ1n) is 6.45. The number of halogens is 1. The van der Waals surface area contributed by atoms with Crippen LogP contribution in [0.2, 0.25) is 5.15 Å². The molecule has 11 heteroatoms. The highest BCUT2D eigenvalue weighted by molar-refractivity contribution is 7.98. The van der Waals surface area contributed by atoms with E-state index in [0.29, 0.717) is 10.9 Å². The number of ether oxygens (including phenoxy) is 2. The largest absolute Gasteiger partial charge is 0.454 e. The van der Waals surface area contributed by atoms with Crippen molar-refractivity contribution in [3.05, 3.63) is 39.2 Å². The molecule has 1 aromatic heterocycles. The third-order valence-corrected chi connectivity index (χ3v) is 3.93. The van der Waals surface area contributed by atoms with Gasteiger partial charge < -0.3 is 14.8 Å². The van der Waals surface area contributed by atoms with Crippen molar-refractivity contribution >= 4 is 40.6 Å². The first-order valence-corrected chi connectivity index (χ1v) is 8.05. The summed E-state index contributed by atoms with van der Waals surface area (Å²) in [5.41, 5.74) is -0.369. The topological polar surface area (TPSA) is 116 Å². The number of nitro benzene ring substituents is 1. The van der Waals surface area contributed by atoms with Crippen LogP contribution in [0.4, 0.5) is 11.4 Å². The standard InChI is InChI=1S/C13H9ClN4O5S/c1-24-13-15-4-6(11(14)17-13)12(19)16-7-2-9-10(23-5-22-9)3-8(7)18(20)21/h2-4H,5H2,1H3,(H,16,19). The molecule has 0 radical (unpaired) electrons. The zero-order chi connectivity index (χ0) is 17.3. The number of nitrogens with zero attached hydrogens (tertiary/aromatic N) is 3. The lowest BCUT2D eigenvalue weighted by atomic mass is 10.2. The van der Waals surface area contributed by atoms with Crippen molar-refractivity contribution in [1.82, 2.24) is 9.97 Å². The van der Waals surface area contributed by atoms with Crippen molar-refractivity contribution in [2.45, 2.75) is 5.16 Å². The van der Waals surface area contributed by atoms with Gasteiger partial charge in [0.1, 0.15) is 10.8 Å². The molecule has 2 heterocycles. The van der Waals surface area contributed by atoms with E-state index in [1.54, 1.807) is 6.26 Å². The van der Waals surface area contributed by atoms with Crippen LogP contribution in [0.3, 0.4) is 0 Å². The summed E-state index contributed by atoms with van der Waals surface area (Å²) in [4.78, 5) is 30.8. The lowest BCUT2D eigenvalue weighted by Crippen LogP contribution is -2.15. The van der Waals surface area contributed by atoms with E-state index in [9.17, 15) is 14.9 Å². The zero-order valence-electron chi connectivity index (χ0n) is 12.1.